The quantitative estimate of drug-likeness (QED) is 0.755. The van der Waals surface area contributed by atoms with Gasteiger partial charge in [-0.05, 0) is 32.0 Å². The first-order valence-corrected chi connectivity index (χ1v) is 8.40. The van der Waals surface area contributed by atoms with Crippen molar-refractivity contribution < 1.29 is 9.53 Å². The molecule has 2 atom stereocenters. The largest absolute Gasteiger partial charge is 0.476 e. The van der Waals surface area contributed by atoms with Gasteiger partial charge in [-0.25, -0.2) is 0 Å². The molecule has 0 fully saturated rings. The van der Waals surface area contributed by atoms with Crippen molar-refractivity contribution in [3.63, 3.8) is 0 Å². The Kier molecular flexibility index (Phi) is 9.03. The number of carbonyl (C=O) groups is 1. The van der Waals surface area contributed by atoms with Gasteiger partial charge in [0.15, 0.2) is 0 Å². The topological polar surface area (TPSA) is 50.4 Å². The molecule has 0 bridgehead atoms. The van der Waals surface area contributed by atoms with Crippen LogP contribution < -0.4 is 15.4 Å². The summed E-state index contributed by atoms with van der Waals surface area (Å²) in [5.74, 6) is 0.625. The molecule has 2 unspecified atom stereocenters. The SMILES string of the molecule is CCc1ccccc1OC(C(=O)NCC(C)NC)c1ccccc1.Cl. The summed E-state index contributed by atoms with van der Waals surface area (Å²) in [5.41, 5.74) is 1.94. The van der Waals surface area contributed by atoms with E-state index in [1.54, 1.807) is 0 Å². The fraction of sp³-hybridized carbons (Fsp3) is 0.350. The molecule has 2 rings (SSSR count). The van der Waals surface area contributed by atoms with Crippen molar-refractivity contribution in [2.45, 2.75) is 32.4 Å². The molecule has 0 radical (unpaired) electrons. The predicted octanol–water partition coefficient (Wildman–Crippen LogP) is 3.52. The van der Waals surface area contributed by atoms with E-state index in [1.165, 1.54) is 0 Å². The van der Waals surface area contributed by atoms with Crippen LogP contribution in [0.15, 0.2) is 54.6 Å². The Morgan fingerprint density at radius 3 is 2.36 bits per heavy atom. The van der Waals surface area contributed by atoms with E-state index >= 15 is 0 Å². The number of hydrogen-bond donors (Lipinski definition) is 2. The molecule has 136 valence electrons. The lowest BCUT2D eigenvalue weighted by atomic mass is 10.1. The van der Waals surface area contributed by atoms with E-state index in [0.29, 0.717) is 6.54 Å². The molecule has 5 heteroatoms. The average molecular weight is 363 g/mol. The fourth-order valence-electron chi connectivity index (χ4n) is 2.39. The molecule has 0 aliphatic carbocycles. The molecule has 0 heterocycles. The molecule has 0 aromatic heterocycles. The van der Waals surface area contributed by atoms with Gasteiger partial charge in [0, 0.05) is 18.2 Å². The Morgan fingerprint density at radius 1 is 1.08 bits per heavy atom. The van der Waals surface area contributed by atoms with Gasteiger partial charge in [0.1, 0.15) is 5.75 Å². The normalized spacial score (nSPS) is 12.6. The number of rotatable bonds is 8. The van der Waals surface area contributed by atoms with Gasteiger partial charge >= 0.3 is 0 Å². The van der Waals surface area contributed by atoms with E-state index in [-0.39, 0.29) is 24.4 Å². The lowest BCUT2D eigenvalue weighted by Crippen LogP contribution is -2.40. The monoisotopic (exact) mass is 362 g/mol. The molecule has 2 aromatic rings. The zero-order valence-corrected chi connectivity index (χ0v) is 15.8. The van der Waals surface area contributed by atoms with E-state index < -0.39 is 6.10 Å². The van der Waals surface area contributed by atoms with Crippen LogP contribution in [0.25, 0.3) is 0 Å². The van der Waals surface area contributed by atoms with Crippen LogP contribution in [0.5, 0.6) is 5.75 Å². The van der Waals surface area contributed by atoms with Gasteiger partial charge in [-0.15, -0.1) is 12.4 Å². The van der Waals surface area contributed by atoms with Crippen LogP contribution in [0.2, 0.25) is 0 Å². The summed E-state index contributed by atoms with van der Waals surface area (Å²) in [6, 6.07) is 17.7. The molecule has 0 aliphatic rings. The molecule has 0 saturated carbocycles. The Hall–Kier alpha value is -2.04. The smallest absolute Gasteiger partial charge is 0.265 e. The highest BCUT2D eigenvalue weighted by Crippen LogP contribution is 2.26. The van der Waals surface area contributed by atoms with Gasteiger partial charge < -0.3 is 15.4 Å². The van der Waals surface area contributed by atoms with Crippen LogP contribution in [0, 0.1) is 0 Å². The van der Waals surface area contributed by atoms with Crippen molar-refractivity contribution in [3.8, 4) is 5.75 Å². The van der Waals surface area contributed by atoms with Crippen molar-refractivity contribution in [3.05, 3.63) is 65.7 Å². The highest BCUT2D eigenvalue weighted by atomic mass is 35.5. The third kappa shape index (κ3) is 6.07. The molecule has 4 nitrogen and oxygen atoms in total. The first-order chi connectivity index (χ1) is 11.7. The first kappa shape index (κ1) is 21.0. The fourth-order valence-corrected chi connectivity index (χ4v) is 2.39. The Balaban J connectivity index is 0.00000312. The van der Waals surface area contributed by atoms with Crippen molar-refractivity contribution >= 4 is 18.3 Å². The number of hydrogen-bond acceptors (Lipinski definition) is 3. The summed E-state index contributed by atoms with van der Waals surface area (Å²) >= 11 is 0. The third-order valence-corrected chi connectivity index (χ3v) is 4.01. The lowest BCUT2D eigenvalue weighted by Gasteiger charge is -2.21. The summed E-state index contributed by atoms with van der Waals surface area (Å²) in [4.78, 5) is 12.7. The molecule has 1 amide bonds. The number of para-hydroxylation sites is 1. The van der Waals surface area contributed by atoms with Gasteiger partial charge in [-0.1, -0.05) is 55.5 Å². The van der Waals surface area contributed by atoms with E-state index in [4.69, 9.17) is 4.74 Å². The van der Waals surface area contributed by atoms with Crippen molar-refractivity contribution in [2.24, 2.45) is 0 Å². The van der Waals surface area contributed by atoms with Crippen LogP contribution >= 0.6 is 12.4 Å². The van der Waals surface area contributed by atoms with Gasteiger partial charge in [-0.3, -0.25) is 4.79 Å². The second-order valence-electron chi connectivity index (χ2n) is 5.80. The first-order valence-electron chi connectivity index (χ1n) is 8.40. The van der Waals surface area contributed by atoms with Gasteiger partial charge in [-0.2, -0.15) is 0 Å². The van der Waals surface area contributed by atoms with E-state index in [2.05, 4.69) is 17.6 Å². The minimum atomic E-state index is -0.664. The molecule has 2 aromatic carbocycles. The van der Waals surface area contributed by atoms with E-state index in [0.717, 1.165) is 23.3 Å². The second kappa shape index (κ2) is 10.7. The molecular weight excluding hydrogens is 336 g/mol. The molecule has 0 spiro atoms. The van der Waals surface area contributed by atoms with Crippen LogP contribution in [0.4, 0.5) is 0 Å². The maximum atomic E-state index is 12.7. The highest BCUT2D eigenvalue weighted by Gasteiger charge is 2.23. The summed E-state index contributed by atoms with van der Waals surface area (Å²) in [6.07, 6.45) is 0.193. The van der Waals surface area contributed by atoms with Crippen LogP contribution in [-0.4, -0.2) is 25.5 Å². The zero-order chi connectivity index (χ0) is 17.4. The Labute approximate surface area is 156 Å². The van der Waals surface area contributed by atoms with E-state index in [1.807, 2.05) is 68.6 Å². The minimum Gasteiger partial charge on any atom is -0.476 e. The third-order valence-electron chi connectivity index (χ3n) is 4.01. The molecule has 25 heavy (non-hydrogen) atoms. The lowest BCUT2D eigenvalue weighted by molar-refractivity contribution is -0.128. The zero-order valence-electron chi connectivity index (χ0n) is 15.0. The number of amides is 1. The molecule has 0 saturated heterocycles. The number of nitrogens with one attached hydrogen (secondary N) is 2. The average Bonchev–Trinajstić information content (AvgIpc) is 2.64. The van der Waals surface area contributed by atoms with Crippen LogP contribution in [-0.2, 0) is 11.2 Å². The van der Waals surface area contributed by atoms with Crippen molar-refractivity contribution in [2.75, 3.05) is 13.6 Å². The van der Waals surface area contributed by atoms with E-state index in [9.17, 15) is 4.79 Å². The summed E-state index contributed by atoms with van der Waals surface area (Å²) in [7, 11) is 1.87. The number of halogens is 1. The van der Waals surface area contributed by atoms with Crippen LogP contribution in [0.3, 0.4) is 0 Å². The molecular formula is C20H27ClN2O2. The number of likely N-dealkylation sites (N-methyl/N-ethyl adjacent to an activating group) is 1. The van der Waals surface area contributed by atoms with Crippen molar-refractivity contribution in [1.29, 1.82) is 0 Å². The number of carbonyl (C=O) groups excluding carboxylic acids is 1. The predicted molar refractivity (Wildman–Crippen MR) is 104 cm³/mol. The van der Waals surface area contributed by atoms with Crippen molar-refractivity contribution in [1.82, 2.24) is 10.6 Å². The van der Waals surface area contributed by atoms with Gasteiger partial charge in [0.2, 0.25) is 6.10 Å². The number of benzene rings is 2. The molecule has 2 N–H and O–H groups in total. The number of aryl methyl sites for hydroxylation is 1. The molecule has 0 aliphatic heterocycles. The maximum Gasteiger partial charge on any atom is 0.265 e. The second-order valence-corrected chi connectivity index (χ2v) is 5.80. The standard InChI is InChI=1S/C20H26N2O2.ClH/c1-4-16-10-8-9-13-18(16)24-19(17-11-6-5-7-12-17)20(23)22-14-15(2)21-3;/h5-13,15,19,21H,4,14H2,1-3H3,(H,22,23);1H. The summed E-state index contributed by atoms with van der Waals surface area (Å²) < 4.78 is 6.12. The minimum absolute atomic E-state index is 0. The summed E-state index contributed by atoms with van der Waals surface area (Å²) in [5, 5.41) is 6.07. The van der Waals surface area contributed by atoms with Gasteiger partial charge in [0.05, 0.1) is 0 Å². The Bertz CT molecular complexity index is 649. The number of ether oxygens (including phenoxy) is 1. The maximum absolute atomic E-state index is 12.7. The summed E-state index contributed by atoms with van der Waals surface area (Å²) in [6.45, 7) is 4.65. The van der Waals surface area contributed by atoms with Crippen LogP contribution in [0.1, 0.15) is 31.1 Å². The Morgan fingerprint density at radius 2 is 1.72 bits per heavy atom. The highest BCUT2D eigenvalue weighted by molar-refractivity contribution is 5.85. The van der Waals surface area contributed by atoms with Gasteiger partial charge in [0.25, 0.3) is 5.91 Å².